The van der Waals surface area contributed by atoms with Crippen molar-refractivity contribution in [3.05, 3.63) is 53.5 Å². The van der Waals surface area contributed by atoms with Crippen LogP contribution in [-0.4, -0.2) is 32.5 Å². The SMILES string of the molecule is Cc1ccc(C(=O)OC(C)C(=O)c2ccc(NS(C)(=O)=O)cc2)o1. The number of carbonyl (C=O) groups is 2. The van der Waals surface area contributed by atoms with Crippen molar-refractivity contribution < 1.29 is 27.2 Å². The van der Waals surface area contributed by atoms with Gasteiger partial charge in [0.2, 0.25) is 21.6 Å². The predicted molar refractivity (Wildman–Crippen MR) is 87.6 cm³/mol. The lowest BCUT2D eigenvalue weighted by Gasteiger charge is -2.12. The molecule has 1 aromatic carbocycles. The topological polar surface area (TPSA) is 103 Å². The molecule has 0 aliphatic carbocycles. The molecule has 0 saturated heterocycles. The number of hydrogen-bond acceptors (Lipinski definition) is 6. The molecule has 0 bridgehead atoms. The zero-order valence-electron chi connectivity index (χ0n) is 13.4. The summed E-state index contributed by atoms with van der Waals surface area (Å²) in [5, 5.41) is 0. The molecule has 0 aliphatic heterocycles. The van der Waals surface area contributed by atoms with Crippen molar-refractivity contribution >= 4 is 27.5 Å². The van der Waals surface area contributed by atoms with Crippen LogP contribution in [0.15, 0.2) is 40.8 Å². The highest BCUT2D eigenvalue weighted by Gasteiger charge is 2.22. The average Bonchev–Trinajstić information content (AvgIpc) is 2.92. The van der Waals surface area contributed by atoms with E-state index < -0.39 is 27.9 Å². The minimum absolute atomic E-state index is 0.0276. The van der Waals surface area contributed by atoms with E-state index in [4.69, 9.17) is 9.15 Å². The van der Waals surface area contributed by atoms with Crippen LogP contribution in [0.25, 0.3) is 0 Å². The van der Waals surface area contributed by atoms with Crippen molar-refractivity contribution in [3.63, 3.8) is 0 Å². The molecular weight excluding hydrogens is 334 g/mol. The minimum atomic E-state index is -3.39. The number of esters is 1. The van der Waals surface area contributed by atoms with Crippen molar-refractivity contribution in [1.29, 1.82) is 0 Å². The van der Waals surface area contributed by atoms with E-state index in [1.54, 1.807) is 13.0 Å². The molecule has 2 aromatic rings. The summed E-state index contributed by atoms with van der Waals surface area (Å²) in [6, 6.07) is 8.92. The average molecular weight is 351 g/mol. The molecule has 0 radical (unpaired) electrons. The molecule has 0 aliphatic rings. The monoisotopic (exact) mass is 351 g/mol. The lowest BCUT2D eigenvalue weighted by molar-refractivity contribution is 0.0288. The molecule has 1 heterocycles. The van der Waals surface area contributed by atoms with Crippen molar-refractivity contribution in [2.45, 2.75) is 20.0 Å². The number of sulfonamides is 1. The summed E-state index contributed by atoms with van der Waals surface area (Å²) < 4.78 is 34.8. The van der Waals surface area contributed by atoms with Crippen LogP contribution >= 0.6 is 0 Å². The summed E-state index contributed by atoms with van der Waals surface area (Å²) in [5.41, 5.74) is 0.634. The van der Waals surface area contributed by atoms with Crippen molar-refractivity contribution in [1.82, 2.24) is 0 Å². The molecule has 0 saturated carbocycles. The summed E-state index contributed by atoms with van der Waals surface area (Å²) >= 11 is 0. The number of nitrogens with one attached hydrogen (secondary N) is 1. The van der Waals surface area contributed by atoms with Crippen molar-refractivity contribution in [2.75, 3.05) is 11.0 Å². The van der Waals surface area contributed by atoms with Gasteiger partial charge in [0.15, 0.2) is 6.10 Å². The fourth-order valence-electron chi connectivity index (χ4n) is 1.97. The Morgan fingerprint density at radius 3 is 2.25 bits per heavy atom. The fourth-order valence-corrected chi connectivity index (χ4v) is 2.53. The molecule has 1 unspecified atom stereocenters. The zero-order chi connectivity index (χ0) is 17.9. The third kappa shape index (κ3) is 4.69. The fraction of sp³-hybridized carbons (Fsp3) is 0.250. The Hall–Kier alpha value is -2.61. The Morgan fingerprint density at radius 2 is 1.75 bits per heavy atom. The van der Waals surface area contributed by atoms with E-state index in [1.165, 1.54) is 37.3 Å². The van der Waals surface area contributed by atoms with E-state index in [-0.39, 0.29) is 5.76 Å². The molecule has 1 aromatic heterocycles. The number of hydrogen-bond donors (Lipinski definition) is 1. The summed E-state index contributed by atoms with van der Waals surface area (Å²) in [6.07, 6.45) is 0.0286. The van der Waals surface area contributed by atoms with Crippen LogP contribution in [0.2, 0.25) is 0 Å². The number of ether oxygens (including phenoxy) is 1. The Kier molecular flexibility index (Phi) is 5.08. The van der Waals surface area contributed by atoms with Gasteiger partial charge in [0.25, 0.3) is 0 Å². The lowest BCUT2D eigenvalue weighted by atomic mass is 10.1. The smallest absolute Gasteiger partial charge is 0.374 e. The molecule has 1 N–H and O–H groups in total. The summed E-state index contributed by atoms with van der Waals surface area (Å²) in [5.74, 6) is -0.536. The first-order chi connectivity index (χ1) is 11.2. The third-order valence-electron chi connectivity index (χ3n) is 3.07. The highest BCUT2D eigenvalue weighted by Crippen LogP contribution is 2.15. The van der Waals surface area contributed by atoms with Crippen LogP contribution in [0.4, 0.5) is 5.69 Å². The highest BCUT2D eigenvalue weighted by atomic mass is 32.2. The van der Waals surface area contributed by atoms with E-state index in [9.17, 15) is 18.0 Å². The first-order valence-corrected chi connectivity index (χ1v) is 8.94. The number of carbonyl (C=O) groups excluding carboxylic acids is 2. The van der Waals surface area contributed by atoms with Crippen molar-refractivity contribution in [3.8, 4) is 0 Å². The van der Waals surface area contributed by atoms with Gasteiger partial charge in [-0.05, 0) is 50.2 Å². The maximum absolute atomic E-state index is 12.3. The molecule has 128 valence electrons. The summed E-state index contributed by atoms with van der Waals surface area (Å²) in [6.45, 7) is 3.15. The van der Waals surface area contributed by atoms with Gasteiger partial charge in [-0.25, -0.2) is 13.2 Å². The number of aryl methyl sites for hydroxylation is 1. The van der Waals surface area contributed by atoms with E-state index in [2.05, 4.69) is 4.72 Å². The number of benzene rings is 1. The first-order valence-electron chi connectivity index (χ1n) is 7.05. The van der Waals surface area contributed by atoms with Gasteiger partial charge >= 0.3 is 5.97 Å². The van der Waals surface area contributed by atoms with Crippen LogP contribution in [-0.2, 0) is 14.8 Å². The molecule has 24 heavy (non-hydrogen) atoms. The van der Waals surface area contributed by atoms with Crippen LogP contribution in [0.5, 0.6) is 0 Å². The summed E-state index contributed by atoms with van der Waals surface area (Å²) in [7, 11) is -3.39. The maximum atomic E-state index is 12.3. The van der Waals surface area contributed by atoms with Gasteiger partial charge in [0.05, 0.1) is 6.26 Å². The second kappa shape index (κ2) is 6.88. The Labute approximate surface area is 139 Å². The van der Waals surface area contributed by atoms with Crippen LogP contribution in [0.1, 0.15) is 33.6 Å². The molecular formula is C16H17NO6S. The molecule has 7 nitrogen and oxygen atoms in total. The Balaban J connectivity index is 2.03. The molecule has 0 fully saturated rings. The number of Topliss-reactive ketones (excluding diaryl/α,β-unsaturated/α-hetero) is 1. The van der Waals surface area contributed by atoms with Gasteiger partial charge in [-0.3, -0.25) is 9.52 Å². The standard InChI is InChI=1S/C16H17NO6S/c1-10-4-9-14(22-10)16(19)23-11(2)15(18)12-5-7-13(8-6-12)17-24(3,20)21/h4-9,11,17H,1-3H3. The van der Waals surface area contributed by atoms with E-state index >= 15 is 0 Å². The molecule has 0 amide bonds. The van der Waals surface area contributed by atoms with E-state index in [0.29, 0.717) is 17.0 Å². The molecule has 8 heteroatoms. The number of ketones is 1. The quantitative estimate of drug-likeness (QED) is 0.633. The van der Waals surface area contributed by atoms with E-state index in [0.717, 1.165) is 6.26 Å². The van der Waals surface area contributed by atoms with Gasteiger partial charge in [-0.2, -0.15) is 0 Å². The molecule has 2 rings (SSSR count). The van der Waals surface area contributed by atoms with Crippen molar-refractivity contribution in [2.24, 2.45) is 0 Å². The van der Waals surface area contributed by atoms with Crippen LogP contribution in [0, 0.1) is 6.92 Å². The maximum Gasteiger partial charge on any atom is 0.374 e. The van der Waals surface area contributed by atoms with Crippen LogP contribution < -0.4 is 4.72 Å². The second-order valence-electron chi connectivity index (χ2n) is 5.27. The molecule has 1 atom stereocenters. The third-order valence-corrected chi connectivity index (χ3v) is 3.67. The largest absolute Gasteiger partial charge is 0.454 e. The zero-order valence-corrected chi connectivity index (χ0v) is 14.2. The van der Waals surface area contributed by atoms with Gasteiger partial charge in [-0.15, -0.1) is 0 Å². The second-order valence-corrected chi connectivity index (χ2v) is 7.02. The predicted octanol–water partition coefficient (Wildman–Crippen LogP) is 2.39. The normalized spacial score (nSPS) is 12.5. The highest BCUT2D eigenvalue weighted by molar-refractivity contribution is 7.92. The van der Waals surface area contributed by atoms with Gasteiger partial charge in [-0.1, -0.05) is 0 Å². The molecule has 0 spiro atoms. The Bertz CT molecular complexity index is 851. The summed E-state index contributed by atoms with van der Waals surface area (Å²) in [4.78, 5) is 24.1. The minimum Gasteiger partial charge on any atom is -0.454 e. The van der Waals surface area contributed by atoms with Gasteiger partial charge in [0.1, 0.15) is 5.76 Å². The Morgan fingerprint density at radius 1 is 1.12 bits per heavy atom. The number of rotatable bonds is 6. The van der Waals surface area contributed by atoms with Gasteiger partial charge < -0.3 is 9.15 Å². The number of anilines is 1. The van der Waals surface area contributed by atoms with Crippen LogP contribution in [0.3, 0.4) is 0 Å². The lowest BCUT2D eigenvalue weighted by Crippen LogP contribution is -2.24. The first kappa shape index (κ1) is 17.7. The van der Waals surface area contributed by atoms with Gasteiger partial charge in [0, 0.05) is 11.3 Å². The van der Waals surface area contributed by atoms with E-state index in [1.807, 2.05) is 0 Å². The number of furan rings is 1.